The van der Waals surface area contributed by atoms with Gasteiger partial charge in [0.2, 0.25) is 0 Å². The van der Waals surface area contributed by atoms with Gasteiger partial charge in [0, 0.05) is 24.4 Å². The standard InChI is InChI=1S/C14H22N2/c1-11(2)12-6-7-14(16-10-12)9-13-5-3-4-8-15-13/h6-7,10-11,13,15H,3-5,8-9H2,1-2H3. The van der Waals surface area contributed by atoms with Gasteiger partial charge in [0.05, 0.1) is 0 Å². The minimum absolute atomic E-state index is 0.578. The summed E-state index contributed by atoms with van der Waals surface area (Å²) in [5, 5.41) is 3.56. The Kier molecular flexibility index (Phi) is 3.94. The zero-order chi connectivity index (χ0) is 11.4. The first-order valence-corrected chi connectivity index (χ1v) is 6.44. The molecule has 1 aromatic rings. The molecule has 2 heteroatoms. The van der Waals surface area contributed by atoms with Gasteiger partial charge in [-0.3, -0.25) is 4.98 Å². The minimum Gasteiger partial charge on any atom is -0.314 e. The summed E-state index contributed by atoms with van der Waals surface area (Å²) in [6, 6.07) is 5.05. The summed E-state index contributed by atoms with van der Waals surface area (Å²) < 4.78 is 0. The van der Waals surface area contributed by atoms with Gasteiger partial charge in [-0.25, -0.2) is 0 Å². The maximum Gasteiger partial charge on any atom is 0.0419 e. The predicted octanol–water partition coefficient (Wildman–Crippen LogP) is 2.89. The number of piperidine rings is 1. The first-order chi connectivity index (χ1) is 7.75. The lowest BCUT2D eigenvalue weighted by Gasteiger charge is -2.23. The Labute approximate surface area is 98.5 Å². The maximum atomic E-state index is 4.55. The van der Waals surface area contributed by atoms with Gasteiger partial charge in [-0.2, -0.15) is 0 Å². The van der Waals surface area contributed by atoms with Crippen molar-refractivity contribution in [1.29, 1.82) is 0 Å². The van der Waals surface area contributed by atoms with Crippen LogP contribution < -0.4 is 5.32 Å². The van der Waals surface area contributed by atoms with Crippen molar-refractivity contribution in [1.82, 2.24) is 10.3 Å². The van der Waals surface area contributed by atoms with Crippen molar-refractivity contribution in [2.24, 2.45) is 0 Å². The van der Waals surface area contributed by atoms with Crippen LogP contribution in [0.5, 0.6) is 0 Å². The van der Waals surface area contributed by atoms with E-state index in [0.29, 0.717) is 12.0 Å². The molecule has 1 aliphatic rings. The van der Waals surface area contributed by atoms with E-state index in [4.69, 9.17) is 0 Å². The highest BCUT2D eigenvalue weighted by Gasteiger charge is 2.13. The van der Waals surface area contributed by atoms with Crippen molar-refractivity contribution in [3.63, 3.8) is 0 Å². The number of nitrogens with zero attached hydrogens (tertiary/aromatic N) is 1. The highest BCUT2D eigenvalue weighted by atomic mass is 14.9. The van der Waals surface area contributed by atoms with Crippen molar-refractivity contribution in [3.05, 3.63) is 29.6 Å². The second kappa shape index (κ2) is 5.44. The zero-order valence-electron chi connectivity index (χ0n) is 10.4. The molecule has 1 atom stereocenters. The van der Waals surface area contributed by atoms with E-state index in [2.05, 4.69) is 36.3 Å². The average Bonchev–Trinajstić information content (AvgIpc) is 2.31. The Morgan fingerprint density at radius 2 is 2.25 bits per heavy atom. The summed E-state index contributed by atoms with van der Waals surface area (Å²) in [4.78, 5) is 4.55. The molecule has 1 N–H and O–H groups in total. The topological polar surface area (TPSA) is 24.9 Å². The maximum absolute atomic E-state index is 4.55. The van der Waals surface area contributed by atoms with E-state index >= 15 is 0 Å². The molecule has 0 amide bonds. The number of rotatable bonds is 3. The minimum atomic E-state index is 0.578. The van der Waals surface area contributed by atoms with E-state index in [9.17, 15) is 0 Å². The lowest BCUT2D eigenvalue weighted by atomic mass is 9.99. The molecule has 1 aromatic heterocycles. The van der Waals surface area contributed by atoms with Crippen LogP contribution in [0.25, 0.3) is 0 Å². The zero-order valence-corrected chi connectivity index (χ0v) is 10.4. The molecule has 1 saturated heterocycles. The van der Waals surface area contributed by atoms with E-state index in [1.807, 2.05) is 6.20 Å². The largest absolute Gasteiger partial charge is 0.314 e. The summed E-state index contributed by atoms with van der Waals surface area (Å²) in [6.45, 7) is 5.59. The fraction of sp³-hybridized carbons (Fsp3) is 0.643. The van der Waals surface area contributed by atoms with Crippen LogP contribution in [0.3, 0.4) is 0 Å². The van der Waals surface area contributed by atoms with E-state index in [1.54, 1.807) is 0 Å². The normalized spacial score (nSPS) is 21.3. The molecule has 0 bridgehead atoms. The Bertz CT molecular complexity index is 310. The van der Waals surface area contributed by atoms with Crippen molar-refractivity contribution in [2.75, 3.05) is 6.54 Å². The molecule has 1 fully saturated rings. The monoisotopic (exact) mass is 218 g/mol. The van der Waals surface area contributed by atoms with Crippen LogP contribution >= 0.6 is 0 Å². The molecule has 0 spiro atoms. The number of aromatic nitrogens is 1. The molecule has 0 aromatic carbocycles. The Morgan fingerprint density at radius 3 is 2.81 bits per heavy atom. The summed E-state index contributed by atoms with van der Waals surface area (Å²) in [5.41, 5.74) is 2.56. The van der Waals surface area contributed by atoms with Gasteiger partial charge in [-0.05, 0) is 36.9 Å². The molecule has 2 nitrogen and oxygen atoms in total. The predicted molar refractivity (Wildman–Crippen MR) is 67.7 cm³/mol. The van der Waals surface area contributed by atoms with Gasteiger partial charge in [-0.1, -0.05) is 26.3 Å². The van der Waals surface area contributed by atoms with Gasteiger partial charge >= 0.3 is 0 Å². The molecule has 0 saturated carbocycles. The van der Waals surface area contributed by atoms with Crippen molar-refractivity contribution in [3.8, 4) is 0 Å². The van der Waals surface area contributed by atoms with Crippen molar-refractivity contribution < 1.29 is 0 Å². The van der Waals surface area contributed by atoms with Crippen LogP contribution in [0.1, 0.15) is 50.3 Å². The van der Waals surface area contributed by atoms with Crippen LogP contribution in [0.4, 0.5) is 0 Å². The molecular formula is C14H22N2. The van der Waals surface area contributed by atoms with Crippen molar-refractivity contribution in [2.45, 2.75) is 51.5 Å². The molecule has 88 valence electrons. The molecular weight excluding hydrogens is 196 g/mol. The molecule has 0 radical (unpaired) electrons. The first-order valence-electron chi connectivity index (χ1n) is 6.44. The molecule has 2 heterocycles. The Balaban J connectivity index is 1.93. The molecule has 0 aliphatic carbocycles. The number of nitrogens with one attached hydrogen (secondary N) is 1. The van der Waals surface area contributed by atoms with Crippen LogP contribution in [0.2, 0.25) is 0 Å². The number of hydrogen-bond donors (Lipinski definition) is 1. The summed E-state index contributed by atoms with van der Waals surface area (Å²) in [7, 11) is 0. The fourth-order valence-electron chi connectivity index (χ4n) is 2.25. The summed E-state index contributed by atoms with van der Waals surface area (Å²) >= 11 is 0. The summed E-state index contributed by atoms with van der Waals surface area (Å²) in [6.07, 6.45) is 7.10. The Morgan fingerprint density at radius 1 is 1.38 bits per heavy atom. The van der Waals surface area contributed by atoms with Gasteiger partial charge in [0.25, 0.3) is 0 Å². The third-order valence-corrected chi connectivity index (χ3v) is 3.38. The van der Waals surface area contributed by atoms with E-state index < -0.39 is 0 Å². The van der Waals surface area contributed by atoms with Crippen molar-refractivity contribution >= 4 is 0 Å². The molecule has 1 unspecified atom stereocenters. The highest BCUT2D eigenvalue weighted by Crippen LogP contribution is 2.15. The van der Waals surface area contributed by atoms with E-state index in [0.717, 1.165) is 6.42 Å². The van der Waals surface area contributed by atoms with E-state index in [1.165, 1.54) is 37.1 Å². The molecule has 1 aliphatic heterocycles. The van der Waals surface area contributed by atoms with Gasteiger partial charge < -0.3 is 5.32 Å². The highest BCUT2D eigenvalue weighted by molar-refractivity contribution is 5.17. The number of pyridine rings is 1. The fourth-order valence-corrected chi connectivity index (χ4v) is 2.25. The smallest absolute Gasteiger partial charge is 0.0419 e. The summed E-state index contributed by atoms with van der Waals surface area (Å²) in [5.74, 6) is 0.578. The molecule has 2 rings (SSSR count). The van der Waals surface area contributed by atoms with Crippen LogP contribution in [-0.4, -0.2) is 17.6 Å². The molecule has 16 heavy (non-hydrogen) atoms. The lowest BCUT2D eigenvalue weighted by Crippen LogP contribution is -2.35. The second-order valence-corrected chi connectivity index (χ2v) is 5.09. The second-order valence-electron chi connectivity index (χ2n) is 5.09. The van der Waals surface area contributed by atoms with Gasteiger partial charge in [0.15, 0.2) is 0 Å². The van der Waals surface area contributed by atoms with Crippen LogP contribution in [-0.2, 0) is 6.42 Å². The van der Waals surface area contributed by atoms with Crippen LogP contribution in [0.15, 0.2) is 18.3 Å². The lowest BCUT2D eigenvalue weighted by molar-refractivity contribution is 0.397. The average molecular weight is 218 g/mol. The van der Waals surface area contributed by atoms with Gasteiger partial charge in [0.1, 0.15) is 0 Å². The first kappa shape index (κ1) is 11.6. The quantitative estimate of drug-likeness (QED) is 0.844. The number of hydrogen-bond acceptors (Lipinski definition) is 2. The third-order valence-electron chi connectivity index (χ3n) is 3.38. The van der Waals surface area contributed by atoms with Crippen LogP contribution in [0, 0.1) is 0 Å². The van der Waals surface area contributed by atoms with E-state index in [-0.39, 0.29) is 0 Å². The third kappa shape index (κ3) is 3.05. The SMILES string of the molecule is CC(C)c1ccc(CC2CCCCN2)nc1. The Hall–Kier alpha value is -0.890. The van der Waals surface area contributed by atoms with Gasteiger partial charge in [-0.15, -0.1) is 0 Å².